The SMILES string of the molecule is O=C(O)/C=C/c1ccc(Oc2ccc(F)c(Cl)c2)cc1Br. The van der Waals surface area contributed by atoms with Crippen molar-refractivity contribution in [3.05, 3.63) is 63.4 Å². The highest BCUT2D eigenvalue weighted by Crippen LogP contribution is 2.29. The van der Waals surface area contributed by atoms with Crippen molar-refractivity contribution in [2.24, 2.45) is 0 Å². The molecule has 2 aromatic carbocycles. The first-order valence-corrected chi connectivity index (χ1v) is 6.96. The summed E-state index contributed by atoms with van der Waals surface area (Å²) in [6.07, 6.45) is 2.51. The van der Waals surface area contributed by atoms with Gasteiger partial charge in [-0.05, 0) is 35.9 Å². The molecule has 2 aromatic rings. The van der Waals surface area contributed by atoms with Crippen LogP contribution in [0.3, 0.4) is 0 Å². The first-order chi connectivity index (χ1) is 9.95. The topological polar surface area (TPSA) is 46.5 Å². The average Bonchev–Trinajstić information content (AvgIpc) is 2.42. The molecule has 0 unspecified atom stereocenters. The van der Waals surface area contributed by atoms with Gasteiger partial charge in [-0.3, -0.25) is 0 Å². The first kappa shape index (κ1) is 15.5. The van der Waals surface area contributed by atoms with Gasteiger partial charge in [0.05, 0.1) is 5.02 Å². The van der Waals surface area contributed by atoms with Gasteiger partial charge in [-0.25, -0.2) is 9.18 Å². The van der Waals surface area contributed by atoms with Gasteiger partial charge in [0, 0.05) is 16.6 Å². The molecule has 0 fully saturated rings. The van der Waals surface area contributed by atoms with Crippen LogP contribution in [0.4, 0.5) is 4.39 Å². The van der Waals surface area contributed by atoms with Gasteiger partial charge in [-0.15, -0.1) is 0 Å². The van der Waals surface area contributed by atoms with Crippen LogP contribution in [-0.4, -0.2) is 11.1 Å². The van der Waals surface area contributed by atoms with Gasteiger partial charge in [0.15, 0.2) is 0 Å². The highest BCUT2D eigenvalue weighted by Gasteiger charge is 2.05. The number of carbonyl (C=O) groups is 1. The molecule has 21 heavy (non-hydrogen) atoms. The zero-order valence-electron chi connectivity index (χ0n) is 10.5. The lowest BCUT2D eigenvalue weighted by Crippen LogP contribution is -1.88. The molecule has 0 aliphatic carbocycles. The van der Waals surface area contributed by atoms with Gasteiger partial charge < -0.3 is 9.84 Å². The van der Waals surface area contributed by atoms with Crippen molar-refractivity contribution in [3.8, 4) is 11.5 Å². The second-order valence-corrected chi connectivity index (χ2v) is 5.29. The Labute approximate surface area is 133 Å². The van der Waals surface area contributed by atoms with Crippen LogP contribution in [0.1, 0.15) is 5.56 Å². The summed E-state index contributed by atoms with van der Waals surface area (Å²) in [4.78, 5) is 10.5. The summed E-state index contributed by atoms with van der Waals surface area (Å²) >= 11 is 9.00. The van der Waals surface area contributed by atoms with Gasteiger partial charge in [0.2, 0.25) is 0 Å². The number of hydrogen-bond donors (Lipinski definition) is 1. The van der Waals surface area contributed by atoms with E-state index in [0.717, 1.165) is 6.08 Å². The van der Waals surface area contributed by atoms with Crippen molar-refractivity contribution in [1.29, 1.82) is 0 Å². The van der Waals surface area contributed by atoms with Crippen LogP contribution in [0, 0.1) is 5.82 Å². The van der Waals surface area contributed by atoms with E-state index in [1.165, 1.54) is 24.3 Å². The normalized spacial score (nSPS) is 10.8. The Balaban J connectivity index is 2.20. The lowest BCUT2D eigenvalue weighted by atomic mass is 10.2. The Morgan fingerprint density at radius 1 is 1.24 bits per heavy atom. The van der Waals surface area contributed by atoms with E-state index in [4.69, 9.17) is 21.4 Å². The van der Waals surface area contributed by atoms with Crippen molar-refractivity contribution in [1.82, 2.24) is 0 Å². The van der Waals surface area contributed by atoms with Crippen molar-refractivity contribution in [2.75, 3.05) is 0 Å². The van der Waals surface area contributed by atoms with E-state index in [2.05, 4.69) is 15.9 Å². The van der Waals surface area contributed by atoms with Gasteiger partial charge in [-0.2, -0.15) is 0 Å². The second-order valence-electron chi connectivity index (χ2n) is 4.03. The fourth-order valence-electron chi connectivity index (χ4n) is 1.54. The zero-order chi connectivity index (χ0) is 15.4. The first-order valence-electron chi connectivity index (χ1n) is 5.79. The Bertz CT molecular complexity index is 716. The summed E-state index contributed by atoms with van der Waals surface area (Å²) in [5.41, 5.74) is 0.696. The molecule has 0 aliphatic rings. The smallest absolute Gasteiger partial charge is 0.328 e. The van der Waals surface area contributed by atoms with Crippen LogP contribution in [0.5, 0.6) is 11.5 Å². The molecule has 2 rings (SSSR count). The van der Waals surface area contributed by atoms with Crippen molar-refractivity contribution < 1.29 is 19.0 Å². The summed E-state index contributed by atoms with van der Waals surface area (Å²) in [5, 5.41) is 8.57. The second kappa shape index (κ2) is 6.74. The number of benzene rings is 2. The number of aliphatic carboxylic acids is 1. The monoisotopic (exact) mass is 370 g/mol. The van der Waals surface area contributed by atoms with Crippen LogP contribution in [-0.2, 0) is 4.79 Å². The molecule has 0 bridgehead atoms. The molecular weight excluding hydrogens is 363 g/mol. The van der Waals surface area contributed by atoms with E-state index in [1.54, 1.807) is 18.2 Å². The molecule has 0 heterocycles. The minimum absolute atomic E-state index is 0.0208. The summed E-state index contributed by atoms with van der Waals surface area (Å²) < 4.78 is 19.3. The van der Waals surface area contributed by atoms with Gasteiger partial charge in [-0.1, -0.05) is 33.6 Å². The molecular formula is C15H9BrClFO3. The number of halogens is 3. The fourth-order valence-corrected chi connectivity index (χ4v) is 2.20. The molecule has 3 nitrogen and oxygen atoms in total. The van der Waals surface area contributed by atoms with Gasteiger partial charge >= 0.3 is 5.97 Å². The molecule has 0 radical (unpaired) electrons. The van der Waals surface area contributed by atoms with Crippen LogP contribution >= 0.6 is 27.5 Å². The quantitative estimate of drug-likeness (QED) is 0.758. The molecule has 0 saturated carbocycles. The van der Waals surface area contributed by atoms with Crippen molar-refractivity contribution in [2.45, 2.75) is 0 Å². The summed E-state index contributed by atoms with van der Waals surface area (Å²) in [6.45, 7) is 0. The van der Waals surface area contributed by atoms with E-state index < -0.39 is 11.8 Å². The largest absolute Gasteiger partial charge is 0.478 e. The minimum Gasteiger partial charge on any atom is -0.478 e. The van der Waals surface area contributed by atoms with Crippen LogP contribution in [0.25, 0.3) is 6.08 Å². The summed E-state index contributed by atoms with van der Waals surface area (Å²) in [5.74, 6) is -0.623. The average molecular weight is 372 g/mol. The highest BCUT2D eigenvalue weighted by molar-refractivity contribution is 9.10. The Morgan fingerprint density at radius 2 is 1.90 bits per heavy atom. The molecule has 1 N–H and O–H groups in total. The van der Waals surface area contributed by atoms with E-state index in [0.29, 0.717) is 21.5 Å². The molecule has 0 aliphatic heterocycles. The van der Waals surface area contributed by atoms with E-state index >= 15 is 0 Å². The maximum Gasteiger partial charge on any atom is 0.328 e. The number of hydrogen-bond acceptors (Lipinski definition) is 2. The third-order valence-corrected chi connectivity index (χ3v) is 3.48. The summed E-state index contributed by atoms with van der Waals surface area (Å²) in [7, 11) is 0. The molecule has 6 heteroatoms. The summed E-state index contributed by atoms with van der Waals surface area (Å²) in [6, 6.07) is 9.11. The number of carboxylic acid groups (broad SMARTS) is 1. The van der Waals surface area contributed by atoms with E-state index in [-0.39, 0.29) is 5.02 Å². The standard InChI is InChI=1S/C15H9BrClFO3/c16-12-7-10(3-1-9(12)2-6-15(19)20)21-11-4-5-14(18)13(17)8-11/h1-8H,(H,19,20)/b6-2+. The van der Waals surface area contributed by atoms with Gasteiger partial charge in [0.1, 0.15) is 17.3 Å². The van der Waals surface area contributed by atoms with Crippen LogP contribution in [0.15, 0.2) is 46.9 Å². The van der Waals surface area contributed by atoms with E-state index in [9.17, 15) is 9.18 Å². The Kier molecular flexibility index (Phi) is 4.98. The van der Waals surface area contributed by atoms with Crippen LogP contribution < -0.4 is 4.74 Å². The minimum atomic E-state index is -1.02. The third-order valence-electron chi connectivity index (χ3n) is 2.50. The molecule has 0 spiro atoms. The molecule has 0 atom stereocenters. The maximum atomic E-state index is 13.1. The fraction of sp³-hybridized carbons (Fsp3) is 0. The predicted molar refractivity (Wildman–Crippen MR) is 82.3 cm³/mol. The molecule has 0 aromatic heterocycles. The molecule has 108 valence electrons. The van der Waals surface area contributed by atoms with Gasteiger partial charge in [0.25, 0.3) is 0 Å². The van der Waals surface area contributed by atoms with Crippen molar-refractivity contribution in [3.63, 3.8) is 0 Å². The maximum absolute atomic E-state index is 13.1. The Morgan fingerprint density at radius 3 is 2.52 bits per heavy atom. The third kappa shape index (κ3) is 4.31. The highest BCUT2D eigenvalue weighted by atomic mass is 79.9. The van der Waals surface area contributed by atoms with Crippen LogP contribution in [0.2, 0.25) is 5.02 Å². The molecule has 0 saturated heterocycles. The number of rotatable bonds is 4. The van der Waals surface area contributed by atoms with Crippen molar-refractivity contribution >= 4 is 39.6 Å². The number of ether oxygens (including phenoxy) is 1. The number of carboxylic acids is 1. The lowest BCUT2D eigenvalue weighted by Gasteiger charge is -2.08. The Hall–Kier alpha value is -1.85. The predicted octanol–water partition coefficient (Wildman–Crippen LogP) is 5.13. The lowest BCUT2D eigenvalue weighted by molar-refractivity contribution is -0.131. The zero-order valence-corrected chi connectivity index (χ0v) is 12.9. The van der Waals surface area contributed by atoms with E-state index in [1.807, 2.05) is 0 Å². The molecule has 0 amide bonds.